The fourth-order valence-electron chi connectivity index (χ4n) is 1.07. The van der Waals surface area contributed by atoms with Gasteiger partial charge in [0.1, 0.15) is 6.33 Å². The van der Waals surface area contributed by atoms with Gasteiger partial charge in [0.2, 0.25) is 5.91 Å². The summed E-state index contributed by atoms with van der Waals surface area (Å²) in [7, 11) is 0. The van der Waals surface area contributed by atoms with Crippen LogP contribution in [0.15, 0.2) is 6.33 Å². The molecule has 0 unspecified atom stereocenters. The second kappa shape index (κ2) is 4.39. The molecule has 0 aliphatic rings. The Morgan fingerprint density at radius 2 is 2.33 bits per heavy atom. The summed E-state index contributed by atoms with van der Waals surface area (Å²) in [4.78, 5) is 11.5. The van der Waals surface area contributed by atoms with Crippen LogP contribution in [0.5, 0.6) is 0 Å². The van der Waals surface area contributed by atoms with Gasteiger partial charge < -0.3 is 15.6 Å². The smallest absolute Gasteiger partial charge is 0.239 e. The lowest BCUT2D eigenvalue weighted by molar-refractivity contribution is -0.125. The van der Waals surface area contributed by atoms with Crippen LogP contribution in [0.3, 0.4) is 0 Å². The Labute approximate surface area is 88.9 Å². The summed E-state index contributed by atoms with van der Waals surface area (Å²) in [5.41, 5.74) is 4.77. The molecule has 0 bridgehead atoms. The molecule has 3 N–H and O–H groups in total. The molecule has 1 aromatic heterocycles. The van der Waals surface area contributed by atoms with Gasteiger partial charge in [-0.15, -0.1) is 10.2 Å². The molecule has 0 radical (unpaired) electrons. The molecule has 0 aliphatic carbocycles. The SMILES string of the molecule is CCn1cnnc1CNC(=O)C(C)(C)N. The van der Waals surface area contributed by atoms with E-state index in [0.717, 1.165) is 12.4 Å². The van der Waals surface area contributed by atoms with E-state index in [1.165, 1.54) is 0 Å². The maximum atomic E-state index is 11.5. The number of amides is 1. The van der Waals surface area contributed by atoms with Gasteiger partial charge in [0.25, 0.3) is 0 Å². The topological polar surface area (TPSA) is 85.8 Å². The number of nitrogens with one attached hydrogen (secondary N) is 1. The molecule has 84 valence electrons. The second-order valence-corrected chi connectivity index (χ2v) is 3.94. The van der Waals surface area contributed by atoms with E-state index in [1.54, 1.807) is 20.2 Å². The minimum absolute atomic E-state index is 0.201. The Kier molecular flexibility index (Phi) is 3.41. The van der Waals surface area contributed by atoms with E-state index in [9.17, 15) is 4.79 Å². The molecule has 1 amide bonds. The minimum Gasteiger partial charge on any atom is -0.347 e. The number of nitrogens with zero attached hydrogens (tertiary/aromatic N) is 3. The third-order valence-corrected chi connectivity index (χ3v) is 2.03. The van der Waals surface area contributed by atoms with Gasteiger partial charge in [0, 0.05) is 6.54 Å². The first-order valence-corrected chi connectivity index (χ1v) is 4.89. The number of nitrogens with two attached hydrogens (primary N) is 1. The number of hydrogen-bond donors (Lipinski definition) is 2. The molecule has 0 saturated heterocycles. The Morgan fingerprint density at radius 1 is 1.67 bits per heavy atom. The molecule has 6 nitrogen and oxygen atoms in total. The first kappa shape index (κ1) is 11.6. The summed E-state index contributed by atoms with van der Waals surface area (Å²) in [5.74, 6) is 0.531. The van der Waals surface area contributed by atoms with Crippen molar-refractivity contribution in [3.8, 4) is 0 Å². The van der Waals surface area contributed by atoms with E-state index < -0.39 is 5.54 Å². The van der Waals surface area contributed by atoms with Crippen LogP contribution < -0.4 is 11.1 Å². The zero-order valence-electron chi connectivity index (χ0n) is 9.32. The lowest BCUT2D eigenvalue weighted by atomic mass is 10.1. The molecular weight excluding hydrogens is 194 g/mol. The highest BCUT2D eigenvalue weighted by Crippen LogP contribution is 1.98. The van der Waals surface area contributed by atoms with Gasteiger partial charge in [0.15, 0.2) is 5.82 Å². The van der Waals surface area contributed by atoms with Crippen LogP contribution in [0.25, 0.3) is 0 Å². The van der Waals surface area contributed by atoms with Gasteiger partial charge in [-0.05, 0) is 20.8 Å². The summed E-state index contributed by atoms with van der Waals surface area (Å²) < 4.78 is 1.86. The minimum atomic E-state index is -0.864. The van der Waals surface area contributed by atoms with Crippen molar-refractivity contribution >= 4 is 5.91 Å². The van der Waals surface area contributed by atoms with Crippen molar-refractivity contribution < 1.29 is 4.79 Å². The molecule has 0 spiro atoms. The molecule has 0 aliphatic heterocycles. The largest absolute Gasteiger partial charge is 0.347 e. The average Bonchev–Trinajstić information content (AvgIpc) is 2.59. The monoisotopic (exact) mass is 211 g/mol. The number of rotatable bonds is 4. The molecule has 0 saturated carbocycles. The van der Waals surface area contributed by atoms with Crippen LogP contribution in [0.4, 0.5) is 0 Å². The van der Waals surface area contributed by atoms with Crippen LogP contribution in [-0.4, -0.2) is 26.2 Å². The summed E-state index contributed by atoms with van der Waals surface area (Å²) in [6, 6.07) is 0. The maximum absolute atomic E-state index is 11.5. The van der Waals surface area contributed by atoms with Crippen molar-refractivity contribution in [3.63, 3.8) is 0 Å². The highest BCUT2D eigenvalue weighted by molar-refractivity contribution is 5.84. The Balaban J connectivity index is 2.54. The highest BCUT2D eigenvalue weighted by atomic mass is 16.2. The zero-order valence-corrected chi connectivity index (χ0v) is 9.32. The van der Waals surface area contributed by atoms with Gasteiger partial charge in [-0.1, -0.05) is 0 Å². The molecule has 1 aromatic rings. The van der Waals surface area contributed by atoms with Crippen LogP contribution >= 0.6 is 0 Å². The third kappa shape index (κ3) is 3.02. The second-order valence-electron chi connectivity index (χ2n) is 3.94. The Hall–Kier alpha value is -1.43. The zero-order chi connectivity index (χ0) is 11.5. The maximum Gasteiger partial charge on any atom is 0.239 e. The van der Waals surface area contributed by atoms with Crippen molar-refractivity contribution in [2.24, 2.45) is 5.73 Å². The fraction of sp³-hybridized carbons (Fsp3) is 0.667. The van der Waals surface area contributed by atoms with Crippen molar-refractivity contribution in [3.05, 3.63) is 12.2 Å². The van der Waals surface area contributed by atoms with Crippen molar-refractivity contribution in [1.82, 2.24) is 20.1 Å². The molecule has 0 fully saturated rings. The van der Waals surface area contributed by atoms with Crippen LogP contribution in [0.2, 0.25) is 0 Å². The summed E-state index contributed by atoms with van der Waals surface area (Å²) >= 11 is 0. The molecule has 1 heterocycles. The van der Waals surface area contributed by atoms with Gasteiger partial charge in [0.05, 0.1) is 12.1 Å². The standard InChI is InChI=1S/C9H17N5O/c1-4-14-6-12-13-7(14)5-11-8(15)9(2,3)10/h6H,4-5,10H2,1-3H3,(H,11,15). The molecule has 0 atom stereocenters. The fourth-order valence-corrected chi connectivity index (χ4v) is 1.07. The number of aryl methyl sites for hydroxylation is 1. The van der Waals surface area contributed by atoms with Crippen LogP contribution in [0.1, 0.15) is 26.6 Å². The first-order valence-electron chi connectivity index (χ1n) is 4.89. The number of hydrogen-bond acceptors (Lipinski definition) is 4. The van der Waals surface area contributed by atoms with E-state index in [0.29, 0.717) is 6.54 Å². The van der Waals surface area contributed by atoms with Gasteiger partial charge in [-0.25, -0.2) is 0 Å². The van der Waals surface area contributed by atoms with E-state index in [4.69, 9.17) is 5.73 Å². The first-order chi connectivity index (χ1) is 6.95. The molecule has 0 aromatic carbocycles. The lowest BCUT2D eigenvalue weighted by Crippen LogP contribution is -2.48. The lowest BCUT2D eigenvalue weighted by Gasteiger charge is -2.17. The van der Waals surface area contributed by atoms with Gasteiger partial charge in [-0.3, -0.25) is 4.79 Å². The van der Waals surface area contributed by atoms with Crippen LogP contribution in [-0.2, 0) is 17.9 Å². The summed E-state index contributed by atoms with van der Waals surface area (Å²) in [6.45, 7) is 6.44. The number of carbonyl (C=O) groups is 1. The van der Waals surface area contributed by atoms with Crippen molar-refractivity contribution in [2.45, 2.75) is 39.4 Å². The predicted molar refractivity (Wildman–Crippen MR) is 55.8 cm³/mol. The average molecular weight is 211 g/mol. The molecule has 6 heteroatoms. The van der Waals surface area contributed by atoms with E-state index in [-0.39, 0.29) is 5.91 Å². The number of aromatic nitrogens is 3. The molecular formula is C9H17N5O. The van der Waals surface area contributed by atoms with E-state index >= 15 is 0 Å². The molecule has 1 rings (SSSR count). The van der Waals surface area contributed by atoms with Crippen molar-refractivity contribution in [1.29, 1.82) is 0 Å². The van der Waals surface area contributed by atoms with Crippen LogP contribution in [0, 0.1) is 0 Å². The summed E-state index contributed by atoms with van der Waals surface area (Å²) in [5, 5.41) is 10.4. The molecule has 15 heavy (non-hydrogen) atoms. The van der Waals surface area contributed by atoms with E-state index in [2.05, 4.69) is 15.5 Å². The highest BCUT2D eigenvalue weighted by Gasteiger charge is 2.21. The summed E-state index contributed by atoms with van der Waals surface area (Å²) in [6.07, 6.45) is 1.63. The predicted octanol–water partition coefficient (Wildman–Crippen LogP) is -0.348. The van der Waals surface area contributed by atoms with Gasteiger partial charge in [-0.2, -0.15) is 0 Å². The van der Waals surface area contributed by atoms with E-state index in [1.807, 2.05) is 11.5 Å². The van der Waals surface area contributed by atoms with Crippen molar-refractivity contribution in [2.75, 3.05) is 0 Å². The van der Waals surface area contributed by atoms with Gasteiger partial charge >= 0.3 is 0 Å². The normalized spacial score (nSPS) is 11.5. The quantitative estimate of drug-likeness (QED) is 0.713. The number of carbonyl (C=O) groups excluding carboxylic acids is 1. The Morgan fingerprint density at radius 3 is 2.87 bits per heavy atom. The third-order valence-electron chi connectivity index (χ3n) is 2.03. The Bertz CT molecular complexity index is 339.